The van der Waals surface area contributed by atoms with Gasteiger partial charge in [0.15, 0.2) is 6.10 Å². The molecule has 0 spiro atoms. The molecule has 16 nitrogen and oxygen atoms in total. The monoisotopic (exact) mass is 1680 g/mol. The first-order chi connectivity index (χ1) is 57.2. The van der Waals surface area contributed by atoms with E-state index >= 15 is 0 Å². The molecule has 0 saturated carbocycles. The first-order valence-corrected chi connectivity index (χ1v) is 49.4. The van der Waals surface area contributed by atoms with Crippen LogP contribution in [0.15, 0.2) is 170 Å². The Morgan fingerprint density at radius 2 is 0.453 bits per heavy atom. The maximum Gasteiger partial charge on any atom is 0.472 e. The molecule has 0 aromatic carbocycles. The fraction of sp³-hybridized carbons (Fsp3) is 0.687. The van der Waals surface area contributed by atoms with Crippen molar-refractivity contribution < 1.29 is 75.8 Å². The highest BCUT2D eigenvalue weighted by molar-refractivity contribution is 7.47. The lowest BCUT2D eigenvalue weighted by atomic mass is 10.0. The fourth-order valence-corrected chi connectivity index (χ4v) is 14.0. The molecule has 0 fully saturated rings. The Kier molecular flexibility index (Phi) is 86.2. The number of phosphoric ester groups is 2. The minimum absolute atomic E-state index is 0.0779. The lowest BCUT2D eigenvalue weighted by Crippen LogP contribution is -2.30. The summed E-state index contributed by atoms with van der Waals surface area (Å²) < 4.78 is 61.5. The van der Waals surface area contributed by atoms with Gasteiger partial charge in [0.1, 0.15) is 25.4 Å². The molecule has 0 heterocycles. The molecule has 0 saturated heterocycles. The lowest BCUT2D eigenvalue weighted by Gasteiger charge is -2.21. The van der Waals surface area contributed by atoms with Crippen molar-refractivity contribution in [3.05, 3.63) is 170 Å². The number of ether oxygens (including phenoxy) is 3. The number of esters is 3. The smallest absolute Gasteiger partial charge is 0.463 e. The standard InChI is InChI=1S/C99H168O16P2/c1-4-7-10-13-16-19-22-25-28-31-34-37-39-41-43-45-46-48-50-51-53-56-58-61-64-67-70-73-76-79-82-85-97(102)109-88-94(100)89-111-116(105,106)112-90-95(101)91-113-117(107,108)114-93-96(115-99(104)87-84-81-78-75-72-69-66-63-60-55-36-33-30-27-24-21-18-15-12-9-6-3)92-110-98(103)86-83-80-77-74-71-68-65-62-59-57-54-52-49-47-44-42-40-38-35-32-29-26-23-20-17-14-11-8-5-2/h8-9,11-12,16-21,25-30,34-38,41-44,55,63,66,94-96,100-101H,4-7,10,13-15,22-24,31-33,39-40,45-54,56-62,64-65,67-93H2,1-3H3,(H,105,106)(H,107,108)/b11-8-,12-9-,19-16-,20-17-,21-18-,28-25-,29-26-,30-27-,37-34-,38-35-,43-41-,44-42-,55-36-,66-63-. The molecule has 0 amide bonds. The van der Waals surface area contributed by atoms with Crippen molar-refractivity contribution in [3.8, 4) is 0 Å². The van der Waals surface area contributed by atoms with Gasteiger partial charge in [-0.2, -0.15) is 0 Å². The zero-order valence-electron chi connectivity index (χ0n) is 73.8. The summed E-state index contributed by atoms with van der Waals surface area (Å²) in [5.74, 6) is -1.59. The van der Waals surface area contributed by atoms with Crippen molar-refractivity contribution in [1.29, 1.82) is 0 Å². The van der Waals surface area contributed by atoms with E-state index in [2.05, 4.69) is 191 Å². The molecule has 0 aromatic rings. The Hall–Kier alpha value is -5.09. The molecular weight excluding hydrogens is 1510 g/mol. The SMILES string of the molecule is CC/C=C\C/C=C\C/C=C\C/C=C\C/C=C\CCCCCCCCCCCCCCCC(=O)OCC(COP(=O)(O)OCC(O)COP(=O)(O)OCC(O)COC(=O)CCCCCCCCCCCCCCCCC/C=C\C/C=C\C/C=C\C/C=C\CCCCC)OC(=O)CCCCCCC/C=C\C/C=C\C/C=C\C/C=C\C/C=C\CC. The van der Waals surface area contributed by atoms with Gasteiger partial charge in [-0.15, -0.1) is 0 Å². The Labute approximate surface area is 713 Å². The molecule has 670 valence electrons. The molecule has 5 atom stereocenters. The lowest BCUT2D eigenvalue weighted by molar-refractivity contribution is -0.161. The normalized spacial score (nSPS) is 14.6. The van der Waals surface area contributed by atoms with Gasteiger partial charge in [-0.25, -0.2) is 9.13 Å². The van der Waals surface area contributed by atoms with Crippen LogP contribution < -0.4 is 0 Å². The number of aliphatic hydroxyl groups excluding tert-OH is 2. The predicted molar refractivity (Wildman–Crippen MR) is 491 cm³/mol. The van der Waals surface area contributed by atoms with Crippen molar-refractivity contribution in [2.75, 3.05) is 39.6 Å². The number of allylic oxidation sites excluding steroid dienone is 28. The van der Waals surface area contributed by atoms with E-state index in [0.29, 0.717) is 19.3 Å². The van der Waals surface area contributed by atoms with Gasteiger partial charge < -0.3 is 34.2 Å². The largest absolute Gasteiger partial charge is 0.472 e. The topological polar surface area (TPSA) is 231 Å². The van der Waals surface area contributed by atoms with Gasteiger partial charge in [0.2, 0.25) is 0 Å². The molecule has 117 heavy (non-hydrogen) atoms. The van der Waals surface area contributed by atoms with Crippen LogP contribution in [0, 0.1) is 0 Å². The van der Waals surface area contributed by atoms with E-state index in [9.17, 15) is 43.5 Å². The van der Waals surface area contributed by atoms with Gasteiger partial charge >= 0.3 is 33.6 Å². The Bertz CT molecular complexity index is 2810. The summed E-state index contributed by atoms with van der Waals surface area (Å²) in [5, 5.41) is 20.7. The fourth-order valence-electron chi connectivity index (χ4n) is 12.4. The summed E-state index contributed by atoms with van der Waals surface area (Å²) in [7, 11) is -9.82. The van der Waals surface area contributed by atoms with Crippen LogP contribution in [0.3, 0.4) is 0 Å². The van der Waals surface area contributed by atoms with E-state index in [1.807, 2.05) is 0 Å². The number of aliphatic hydroxyl groups is 2. The molecule has 0 radical (unpaired) electrons. The van der Waals surface area contributed by atoms with Crippen molar-refractivity contribution in [1.82, 2.24) is 0 Å². The van der Waals surface area contributed by atoms with Crippen LogP contribution in [-0.4, -0.2) is 95.9 Å². The number of hydrogen-bond acceptors (Lipinski definition) is 14. The van der Waals surface area contributed by atoms with E-state index in [4.69, 9.17) is 32.3 Å². The van der Waals surface area contributed by atoms with Crippen molar-refractivity contribution >= 4 is 33.6 Å². The number of carbonyl (C=O) groups excluding carboxylic acids is 3. The minimum atomic E-state index is -4.95. The summed E-state index contributed by atoms with van der Waals surface area (Å²) in [6.45, 7) is 2.44. The van der Waals surface area contributed by atoms with Crippen LogP contribution in [0.2, 0.25) is 0 Å². The van der Waals surface area contributed by atoms with Crippen LogP contribution in [0.25, 0.3) is 0 Å². The van der Waals surface area contributed by atoms with Gasteiger partial charge in [-0.05, 0) is 154 Å². The van der Waals surface area contributed by atoms with Gasteiger partial charge in [-0.1, -0.05) is 377 Å². The van der Waals surface area contributed by atoms with Crippen molar-refractivity contribution in [2.45, 2.75) is 399 Å². The van der Waals surface area contributed by atoms with Crippen LogP contribution >= 0.6 is 15.6 Å². The third kappa shape index (κ3) is 91.5. The van der Waals surface area contributed by atoms with Crippen molar-refractivity contribution in [2.24, 2.45) is 0 Å². The van der Waals surface area contributed by atoms with E-state index in [-0.39, 0.29) is 19.3 Å². The highest BCUT2D eigenvalue weighted by Gasteiger charge is 2.29. The second-order valence-electron chi connectivity index (χ2n) is 30.7. The Morgan fingerprint density at radius 3 is 0.718 bits per heavy atom. The summed E-state index contributed by atoms with van der Waals surface area (Å²) in [6, 6.07) is 0. The summed E-state index contributed by atoms with van der Waals surface area (Å²) >= 11 is 0. The summed E-state index contributed by atoms with van der Waals surface area (Å²) in [5.41, 5.74) is 0. The van der Waals surface area contributed by atoms with Crippen LogP contribution in [0.1, 0.15) is 380 Å². The van der Waals surface area contributed by atoms with Gasteiger partial charge in [0.25, 0.3) is 0 Å². The summed E-state index contributed by atoms with van der Waals surface area (Å²) in [6.07, 6.45) is 117. The molecular formula is C99H168O16P2. The van der Waals surface area contributed by atoms with Gasteiger partial charge in [-0.3, -0.25) is 32.5 Å². The van der Waals surface area contributed by atoms with E-state index in [1.54, 1.807) is 0 Å². The Balaban J connectivity index is 4.60. The quantitative estimate of drug-likeness (QED) is 0.0146. The molecule has 18 heteroatoms. The molecule has 0 bridgehead atoms. The van der Waals surface area contributed by atoms with Crippen molar-refractivity contribution in [3.63, 3.8) is 0 Å². The van der Waals surface area contributed by atoms with E-state index in [0.717, 1.165) is 167 Å². The first-order valence-electron chi connectivity index (χ1n) is 46.4. The number of hydrogen-bond donors (Lipinski definition) is 4. The van der Waals surface area contributed by atoms with Crippen LogP contribution in [0.4, 0.5) is 0 Å². The van der Waals surface area contributed by atoms with E-state index in [1.165, 1.54) is 154 Å². The maximum atomic E-state index is 13.1. The second kappa shape index (κ2) is 90.2. The maximum absolute atomic E-state index is 13.1. The van der Waals surface area contributed by atoms with Gasteiger partial charge in [0, 0.05) is 19.3 Å². The van der Waals surface area contributed by atoms with Gasteiger partial charge in [0.05, 0.1) is 26.4 Å². The summed E-state index contributed by atoms with van der Waals surface area (Å²) in [4.78, 5) is 59.0. The average molecular weight is 1680 g/mol. The molecule has 0 aliphatic rings. The molecule has 0 aromatic heterocycles. The number of carbonyl (C=O) groups is 3. The molecule has 4 N–H and O–H groups in total. The molecule has 0 aliphatic heterocycles. The first kappa shape index (κ1) is 112. The Morgan fingerprint density at radius 1 is 0.248 bits per heavy atom. The van der Waals surface area contributed by atoms with E-state index < -0.39 is 91.5 Å². The second-order valence-corrected chi connectivity index (χ2v) is 33.6. The third-order valence-electron chi connectivity index (χ3n) is 19.4. The molecule has 5 unspecified atom stereocenters. The number of rotatable bonds is 87. The highest BCUT2D eigenvalue weighted by atomic mass is 31.2. The zero-order valence-corrected chi connectivity index (χ0v) is 75.6. The number of unbranched alkanes of at least 4 members (excludes halogenated alkanes) is 36. The third-order valence-corrected chi connectivity index (χ3v) is 21.3. The molecule has 0 aliphatic carbocycles. The number of phosphoric acid groups is 2. The average Bonchev–Trinajstić information content (AvgIpc) is 0.900. The zero-order chi connectivity index (χ0) is 85.1. The predicted octanol–water partition coefficient (Wildman–Crippen LogP) is 28.7. The van der Waals surface area contributed by atoms with Crippen LogP contribution in [0.5, 0.6) is 0 Å². The molecule has 0 rings (SSSR count). The minimum Gasteiger partial charge on any atom is -0.463 e. The van der Waals surface area contributed by atoms with Crippen LogP contribution in [-0.2, 0) is 55.8 Å². The highest BCUT2D eigenvalue weighted by Crippen LogP contribution is 2.45.